The predicted octanol–water partition coefficient (Wildman–Crippen LogP) is 3.68. The van der Waals surface area contributed by atoms with Gasteiger partial charge in [0.1, 0.15) is 5.82 Å². The van der Waals surface area contributed by atoms with Crippen LogP contribution in [-0.4, -0.2) is 0 Å². The van der Waals surface area contributed by atoms with Gasteiger partial charge in [-0.2, -0.15) is 0 Å². The second kappa shape index (κ2) is 3.72. The van der Waals surface area contributed by atoms with Crippen LogP contribution in [0.25, 0.3) is 6.08 Å². The molecule has 1 aromatic rings. The maximum absolute atomic E-state index is 13.1. The van der Waals surface area contributed by atoms with Crippen LogP contribution in [0.4, 0.5) is 4.39 Å². The zero-order chi connectivity index (χ0) is 9.14. The van der Waals surface area contributed by atoms with Crippen molar-refractivity contribution >= 4 is 17.7 Å². The topological polar surface area (TPSA) is 0 Å². The number of rotatable bonds is 2. The van der Waals surface area contributed by atoms with Gasteiger partial charge >= 0.3 is 0 Å². The van der Waals surface area contributed by atoms with Gasteiger partial charge < -0.3 is 0 Å². The molecule has 0 atom stereocenters. The molecule has 0 saturated heterocycles. The molecule has 2 heteroatoms. The second-order valence-corrected chi connectivity index (χ2v) is 2.93. The van der Waals surface area contributed by atoms with Crippen LogP contribution in [0.2, 0.25) is 5.02 Å². The molecular formula is C10H10ClF. The van der Waals surface area contributed by atoms with Crippen LogP contribution in [0, 0.1) is 5.82 Å². The van der Waals surface area contributed by atoms with E-state index in [-0.39, 0.29) is 5.82 Å². The Morgan fingerprint density at radius 2 is 2.25 bits per heavy atom. The molecule has 0 aliphatic carbocycles. The molecule has 0 aliphatic rings. The molecule has 0 aliphatic heterocycles. The molecule has 1 aromatic carbocycles. The van der Waals surface area contributed by atoms with Crippen LogP contribution in [-0.2, 0) is 6.42 Å². The van der Waals surface area contributed by atoms with Gasteiger partial charge in [0.25, 0.3) is 0 Å². The zero-order valence-electron chi connectivity index (χ0n) is 6.90. The Morgan fingerprint density at radius 3 is 2.75 bits per heavy atom. The van der Waals surface area contributed by atoms with Crippen LogP contribution in [0.1, 0.15) is 18.1 Å². The standard InChI is InChI=1S/C10H10ClF/c1-3-7-6-10(12)8(4-2)5-9(7)11/h4-6H,2-3H2,1H3. The summed E-state index contributed by atoms with van der Waals surface area (Å²) in [6.07, 6.45) is 2.20. The maximum atomic E-state index is 13.1. The Kier molecular flexibility index (Phi) is 2.88. The van der Waals surface area contributed by atoms with Gasteiger partial charge in [0.2, 0.25) is 0 Å². The van der Waals surface area contributed by atoms with Gasteiger partial charge in [0.15, 0.2) is 0 Å². The van der Waals surface area contributed by atoms with Crippen LogP contribution in [0.3, 0.4) is 0 Å². The average molecular weight is 185 g/mol. The van der Waals surface area contributed by atoms with Crippen molar-refractivity contribution in [2.24, 2.45) is 0 Å². The number of hydrogen-bond acceptors (Lipinski definition) is 0. The highest BCUT2D eigenvalue weighted by atomic mass is 35.5. The SMILES string of the molecule is C=Cc1cc(Cl)c(CC)cc1F. The molecule has 0 N–H and O–H groups in total. The Labute approximate surface area is 76.7 Å². The van der Waals surface area contributed by atoms with Crippen molar-refractivity contribution in [3.63, 3.8) is 0 Å². The van der Waals surface area contributed by atoms with E-state index in [1.165, 1.54) is 12.1 Å². The highest BCUT2D eigenvalue weighted by molar-refractivity contribution is 6.31. The van der Waals surface area contributed by atoms with Crippen LogP contribution >= 0.6 is 11.6 Å². The Bertz CT molecular complexity index is 305. The summed E-state index contributed by atoms with van der Waals surface area (Å²) >= 11 is 5.87. The first-order chi connectivity index (χ1) is 5.69. The minimum Gasteiger partial charge on any atom is -0.206 e. The van der Waals surface area contributed by atoms with E-state index in [4.69, 9.17) is 11.6 Å². The fraction of sp³-hybridized carbons (Fsp3) is 0.200. The Hall–Kier alpha value is -0.820. The quantitative estimate of drug-likeness (QED) is 0.658. The molecule has 0 spiro atoms. The van der Waals surface area contributed by atoms with Crippen molar-refractivity contribution in [3.05, 3.63) is 40.7 Å². The van der Waals surface area contributed by atoms with E-state index >= 15 is 0 Å². The maximum Gasteiger partial charge on any atom is 0.130 e. The van der Waals surface area contributed by atoms with Gasteiger partial charge in [0.05, 0.1) is 0 Å². The lowest BCUT2D eigenvalue weighted by molar-refractivity contribution is 0.623. The number of hydrogen-bond donors (Lipinski definition) is 0. The molecule has 0 bridgehead atoms. The summed E-state index contributed by atoms with van der Waals surface area (Å²) in [7, 11) is 0. The predicted molar refractivity (Wildman–Crippen MR) is 50.9 cm³/mol. The van der Waals surface area contributed by atoms with Crippen molar-refractivity contribution in [2.75, 3.05) is 0 Å². The lowest BCUT2D eigenvalue weighted by Gasteiger charge is -2.03. The molecule has 0 radical (unpaired) electrons. The van der Waals surface area contributed by atoms with E-state index in [2.05, 4.69) is 6.58 Å². The van der Waals surface area contributed by atoms with Gasteiger partial charge in [-0.3, -0.25) is 0 Å². The van der Waals surface area contributed by atoms with Crippen molar-refractivity contribution < 1.29 is 4.39 Å². The third-order valence-corrected chi connectivity index (χ3v) is 2.12. The molecule has 1 rings (SSSR count). The summed E-state index contributed by atoms with van der Waals surface area (Å²) in [5.41, 5.74) is 1.29. The van der Waals surface area contributed by atoms with Gasteiger partial charge in [-0.1, -0.05) is 31.2 Å². The summed E-state index contributed by atoms with van der Waals surface area (Å²) in [4.78, 5) is 0. The third-order valence-electron chi connectivity index (χ3n) is 1.77. The van der Waals surface area contributed by atoms with E-state index in [9.17, 15) is 4.39 Å². The molecule has 0 amide bonds. The fourth-order valence-electron chi connectivity index (χ4n) is 1.03. The van der Waals surface area contributed by atoms with Crippen molar-refractivity contribution in [3.8, 4) is 0 Å². The van der Waals surface area contributed by atoms with E-state index < -0.39 is 0 Å². The zero-order valence-corrected chi connectivity index (χ0v) is 7.66. The van der Waals surface area contributed by atoms with Gasteiger partial charge in [-0.05, 0) is 24.1 Å². The van der Waals surface area contributed by atoms with Gasteiger partial charge in [-0.15, -0.1) is 0 Å². The molecule has 0 heterocycles. The first-order valence-electron chi connectivity index (χ1n) is 3.79. The highest BCUT2D eigenvalue weighted by Gasteiger charge is 2.04. The van der Waals surface area contributed by atoms with Crippen molar-refractivity contribution in [1.29, 1.82) is 0 Å². The average Bonchev–Trinajstić information content (AvgIpc) is 2.08. The molecule has 0 aromatic heterocycles. The molecule has 0 unspecified atom stereocenters. The first-order valence-corrected chi connectivity index (χ1v) is 4.17. The lowest BCUT2D eigenvalue weighted by Crippen LogP contribution is -1.88. The van der Waals surface area contributed by atoms with Crippen molar-refractivity contribution in [1.82, 2.24) is 0 Å². The normalized spacial score (nSPS) is 9.92. The minimum atomic E-state index is -0.258. The largest absolute Gasteiger partial charge is 0.206 e. The van der Waals surface area contributed by atoms with E-state index in [1.54, 1.807) is 6.07 Å². The molecule has 64 valence electrons. The van der Waals surface area contributed by atoms with Gasteiger partial charge in [0, 0.05) is 10.6 Å². The third kappa shape index (κ3) is 1.67. The molecule has 12 heavy (non-hydrogen) atoms. The second-order valence-electron chi connectivity index (χ2n) is 2.52. The van der Waals surface area contributed by atoms with Crippen LogP contribution in [0.15, 0.2) is 18.7 Å². The number of benzene rings is 1. The Morgan fingerprint density at radius 1 is 1.58 bits per heavy atom. The summed E-state index contributed by atoms with van der Waals surface area (Å²) in [6.45, 7) is 5.43. The smallest absolute Gasteiger partial charge is 0.130 e. The lowest BCUT2D eigenvalue weighted by atomic mass is 10.1. The van der Waals surface area contributed by atoms with E-state index in [0.29, 0.717) is 10.6 Å². The summed E-state index contributed by atoms with van der Waals surface area (Å²) in [5.74, 6) is -0.258. The summed E-state index contributed by atoms with van der Waals surface area (Å²) in [5, 5.41) is 0.605. The number of aryl methyl sites for hydroxylation is 1. The van der Waals surface area contributed by atoms with Crippen LogP contribution in [0.5, 0.6) is 0 Å². The summed E-state index contributed by atoms with van der Waals surface area (Å²) in [6, 6.07) is 3.06. The van der Waals surface area contributed by atoms with E-state index in [0.717, 1.165) is 12.0 Å². The van der Waals surface area contributed by atoms with Crippen molar-refractivity contribution in [2.45, 2.75) is 13.3 Å². The van der Waals surface area contributed by atoms with Gasteiger partial charge in [-0.25, -0.2) is 4.39 Å². The number of halogens is 2. The first kappa shape index (κ1) is 9.27. The monoisotopic (exact) mass is 184 g/mol. The fourth-order valence-corrected chi connectivity index (χ4v) is 1.34. The minimum absolute atomic E-state index is 0.258. The van der Waals surface area contributed by atoms with E-state index in [1.807, 2.05) is 6.92 Å². The molecular weight excluding hydrogens is 175 g/mol. The van der Waals surface area contributed by atoms with Crippen LogP contribution < -0.4 is 0 Å². The summed E-state index contributed by atoms with van der Waals surface area (Å²) < 4.78 is 13.1. The highest BCUT2D eigenvalue weighted by Crippen LogP contribution is 2.21. The molecule has 0 nitrogen and oxygen atoms in total. The molecule has 0 fully saturated rings. The molecule has 0 saturated carbocycles. The Balaban J connectivity index is 3.25.